The van der Waals surface area contributed by atoms with Gasteiger partial charge in [0.25, 0.3) is 5.91 Å². The second kappa shape index (κ2) is 9.23. The van der Waals surface area contributed by atoms with Gasteiger partial charge >= 0.3 is 5.97 Å². The van der Waals surface area contributed by atoms with Crippen LogP contribution in [-0.2, 0) is 9.59 Å². The van der Waals surface area contributed by atoms with Crippen LogP contribution in [0.3, 0.4) is 0 Å². The van der Waals surface area contributed by atoms with Crippen LogP contribution in [0.15, 0.2) is 4.99 Å². The highest BCUT2D eigenvalue weighted by Gasteiger charge is 2.33. The Hall–Kier alpha value is -0.750. The summed E-state index contributed by atoms with van der Waals surface area (Å²) < 4.78 is 0. The van der Waals surface area contributed by atoms with Gasteiger partial charge in [-0.25, -0.2) is 4.99 Å². The van der Waals surface area contributed by atoms with Crippen LogP contribution in [0.1, 0.15) is 44.9 Å². The third-order valence-electron chi connectivity index (χ3n) is 3.74. The van der Waals surface area contributed by atoms with Gasteiger partial charge in [-0.05, 0) is 24.7 Å². The largest absolute Gasteiger partial charge is 0.481 e. The van der Waals surface area contributed by atoms with Gasteiger partial charge in [0.05, 0.1) is 11.8 Å². The van der Waals surface area contributed by atoms with Crippen LogP contribution in [0.4, 0.5) is 0 Å². The highest BCUT2D eigenvalue weighted by atomic mass is 79.9. The molecule has 0 aromatic carbocycles. The normalized spacial score (nSPS) is 18.2. The Kier molecular flexibility index (Phi) is 7.99. The molecular weight excluding hydrogens is 324 g/mol. The van der Waals surface area contributed by atoms with E-state index in [-0.39, 0.29) is 23.1 Å². The molecule has 0 saturated heterocycles. The molecule has 0 heterocycles. The quantitative estimate of drug-likeness (QED) is 0.401. The minimum Gasteiger partial charge on any atom is -0.481 e. The number of halogens is 1. The number of carbonyl (C=O) groups is 2. The predicted molar refractivity (Wildman–Crippen MR) is 82.6 cm³/mol. The van der Waals surface area contributed by atoms with Gasteiger partial charge in [-0.15, -0.1) is 0 Å². The Bertz CT molecular complexity index is 352. The Morgan fingerprint density at radius 2 is 2.00 bits per heavy atom. The second-order valence-corrected chi connectivity index (χ2v) is 6.00. The zero-order valence-corrected chi connectivity index (χ0v) is 13.3. The fourth-order valence-electron chi connectivity index (χ4n) is 2.76. The minimum atomic E-state index is -0.710. The topological polar surface area (TPSA) is 78.8 Å². The van der Waals surface area contributed by atoms with Gasteiger partial charge in [-0.3, -0.25) is 9.59 Å². The van der Waals surface area contributed by atoms with Gasteiger partial charge < -0.3 is 10.4 Å². The van der Waals surface area contributed by atoms with Crippen molar-refractivity contribution in [3.8, 4) is 0 Å². The van der Waals surface area contributed by atoms with Crippen molar-refractivity contribution in [1.29, 1.82) is 0 Å². The number of hydrogen-bond acceptors (Lipinski definition) is 3. The zero-order valence-electron chi connectivity index (χ0n) is 11.7. The smallest absolute Gasteiger partial charge is 0.303 e. The first-order valence-corrected chi connectivity index (χ1v) is 8.24. The van der Waals surface area contributed by atoms with Gasteiger partial charge in [0.1, 0.15) is 0 Å². The maximum absolute atomic E-state index is 11.0. The number of hydrogen-bond donors (Lipinski definition) is 2. The van der Waals surface area contributed by atoms with Crippen LogP contribution < -0.4 is 5.32 Å². The number of aliphatic imine (C=N–C) groups is 1. The third-order valence-corrected chi connectivity index (χ3v) is 4.22. The lowest BCUT2D eigenvalue weighted by Crippen LogP contribution is -2.38. The molecule has 0 bridgehead atoms. The van der Waals surface area contributed by atoms with E-state index in [1.807, 2.05) is 0 Å². The van der Waals surface area contributed by atoms with Crippen molar-refractivity contribution in [3.05, 3.63) is 0 Å². The predicted octanol–water partition coefficient (Wildman–Crippen LogP) is 2.38. The Morgan fingerprint density at radius 1 is 1.30 bits per heavy atom. The maximum atomic E-state index is 11.0. The van der Waals surface area contributed by atoms with Crippen LogP contribution >= 0.6 is 15.9 Å². The molecule has 1 fully saturated rings. The van der Waals surface area contributed by atoms with E-state index in [1.54, 1.807) is 6.21 Å². The average Bonchev–Trinajstić information content (AvgIpc) is 2.42. The van der Waals surface area contributed by atoms with Crippen LogP contribution in [-0.4, -0.2) is 41.6 Å². The summed E-state index contributed by atoms with van der Waals surface area (Å²) in [6.07, 6.45) is 7.97. The summed E-state index contributed by atoms with van der Waals surface area (Å²) in [5.74, 6) is -0.891. The monoisotopic (exact) mass is 346 g/mol. The first kappa shape index (κ1) is 17.3. The number of aliphatic carboxylic acids is 1. The lowest BCUT2D eigenvalue weighted by atomic mass is 9.71. The molecule has 1 aliphatic rings. The van der Waals surface area contributed by atoms with Crippen molar-refractivity contribution in [2.24, 2.45) is 10.4 Å². The first-order valence-electron chi connectivity index (χ1n) is 7.12. The molecule has 6 heteroatoms. The molecule has 0 radical (unpaired) electrons. The van der Waals surface area contributed by atoms with Gasteiger partial charge in [-0.1, -0.05) is 35.2 Å². The van der Waals surface area contributed by atoms with Gasteiger partial charge in [-0.2, -0.15) is 0 Å². The molecule has 20 heavy (non-hydrogen) atoms. The Morgan fingerprint density at radius 3 is 2.60 bits per heavy atom. The van der Waals surface area contributed by atoms with Gasteiger partial charge in [0, 0.05) is 19.3 Å². The SMILES string of the molecule is O=C(O)CC1(CNCCC=NC(=O)CBr)CCCCC1. The number of amides is 1. The highest BCUT2D eigenvalue weighted by molar-refractivity contribution is 9.09. The number of alkyl halides is 1. The minimum absolute atomic E-state index is 0.0904. The molecule has 1 amide bonds. The fraction of sp³-hybridized carbons (Fsp3) is 0.786. The molecule has 0 unspecified atom stereocenters. The van der Waals surface area contributed by atoms with Crippen molar-refractivity contribution in [2.45, 2.75) is 44.9 Å². The summed E-state index contributed by atoms with van der Waals surface area (Å²) in [6, 6.07) is 0. The lowest BCUT2D eigenvalue weighted by Gasteiger charge is -2.36. The van der Waals surface area contributed by atoms with E-state index in [0.717, 1.165) is 38.8 Å². The highest BCUT2D eigenvalue weighted by Crippen LogP contribution is 2.38. The van der Waals surface area contributed by atoms with Crippen LogP contribution in [0.5, 0.6) is 0 Å². The first-order chi connectivity index (χ1) is 9.58. The number of nitrogens with one attached hydrogen (secondary N) is 1. The number of carbonyl (C=O) groups excluding carboxylic acids is 1. The van der Waals surface area contributed by atoms with Crippen molar-refractivity contribution in [1.82, 2.24) is 5.32 Å². The summed E-state index contributed by atoms with van der Waals surface area (Å²) in [4.78, 5) is 25.7. The van der Waals surface area contributed by atoms with Crippen LogP contribution in [0.2, 0.25) is 0 Å². The zero-order chi connectivity index (χ0) is 14.8. The fourth-order valence-corrected chi connectivity index (χ4v) is 2.90. The molecule has 0 aromatic heterocycles. The molecule has 0 spiro atoms. The van der Waals surface area contributed by atoms with Crippen molar-refractivity contribution in [2.75, 3.05) is 18.4 Å². The molecule has 1 rings (SSSR count). The van der Waals surface area contributed by atoms with Crippen LogP contribution in [0, 0.1) is 5.41 Å². The van der Waals surface area contributed by atoms with Crippen molar-refractivity contribution in [3.63, 3.8) is 0 Å². The standard InChI is InChI=1S/C14H23BrN2O3/c15-10-12(18)17-8-4-7-16-11-14(9-13(19)20)5-2-1-3-6-14/h8,16H,1-7,9-11H2,(H,19,20). The summed E-state index contributed by atoms with van der Waals surface area (Å²) in [6.45, 7) is 1.46. The molecule has 2 N–H and O–H groups in total. The molecular formula is C14H23BrN2O3. The van der Waals surface area contributed by atoms with E-state index in [2.05, 4.69) is 26.2 Å². The van der Waals surface area contributed by atoms with Crippen molar-refractivity contribution >= 4 is 34.0 Å². The summed E-state index contributed by atoms with van der Waals surface area (Å²) >= 11 is 3.05. The number of carboxylic acid groups (broad SMARTS) is 1. The molecule has 114 valence electrons. The van der Waals surface area contributed by atoms with E-state index >= 15 is 0 Å². The van der Waals surface area contributed by atoms with E-state index in [0.29, 0.717) is 6.42 Å². The van der Waals surface area contributed by atoms with Gasteiger partial charge in [0.2, 0.25) is 0 Å². The molecule has 0 aromatic rings. The second-order valence-electron chi connectivity index (χ2n) is 5.44. The Balaban J connectivity index is 2.30. The van der Waals surface area contributed by atoms with E-state index in [4.69, 9.17) is 5.11 Å². The molecule has 1 aliphatic carbocycles. The van der Waals surface area contributed by atoms with Gasteiger partial charge in [0.15, 0.2) is 0 Å². The lowest BCUT2D eigenvalue weighted by molar-refractivity contribution is -0.140. The average molecular weight is 347 g/mol. The van der Waals surface area contributed by atoms with E-state index < -0.39 is 5.97 Å². The number of nitrogens with zero attached hydrogens (tertiary/aromatic N) is 1. The van der Waals surface area contributed by atoms with Crippen molar-refractivity contribution < 1.29 is 14.7 Å². The van der Waals surface area contributed by atoms with E-state index in [9.17, 15) is 9.59 Å². The van der Waals surface area contributed by atoms with E-state index in [1.165, 1.54) is 6.42 Å². The van der Waals surface area contributed by atoms with Crippen LogP contribution in [0.25, 0.3) is 0 Å². The summed E-state index contributed by atoms with van der Waals surface area (Å²) in [5, 5.41) is 12.6. The maximum Gasteiger partial charge on any atom is 0.303 e. The Labute approximate surface area is 128 Å². The number of carboxylic acids is 1. The molecule has 1 saturated carbocycles. The molecule has 0 aliphatic heterocycles. The third kappa shape index (κ3) is 6.61. The molecule has 0 atom stereocenters. The summed E-state index contributed by atoms with van der Waals surface area (Å²) in [5.41, 5.74) is -0.0904. The molecule has 5 nitrogen and oxygen atoms in total. The summed E-state index contributed by atoms with van der Waals surface area (Å²) in [7, 11) is 0. The number of rotatable bonds is 8.